The standard InChI is InChI=1S/C17H26F2N2O2/c1-2-3-17(15-5-4-13(18)10-16(15)19)20-11-14(22)12-21-6-8-23-9-7-21/h4-5,10,14,17,20,22H,2-3,6-9,11-12H2,1H3. The maximum atomic E-state index is 14.0. The zero-order chi connectivity index (χ0) is 16.7. The van der Waals surface area contributed by atoms with Gasteiger partial charge >= 0.3 is 0 Å². The van der Waals surface area contributed by atoms with Crippen LogP contribution in [0.3, 0.4) is 0 Å². The molecule has 0 amide bonds. The minimum absolute atomic E-state index is 0.222. The Labute approximate surface area is 136 Å². The van der Waals surface area contributed by atoms with Gasteiger partial charge in [0.1, 0.15) is 11.6 Å². The van der Waals surface area contributed by atoms with Crippen LogP contribution in [-0.2, 0) is 4.74 Å². The van der Waals surface area contributed by atoms with Crippen LogP contribution in [0.5, 0.6) is 0 Å². The van der Waals surface area contributed by atoms with Crippen molar-refractivity contribution in [1.29, 1.82) is 0 Å². The van der Waals surface area contributed by atoms with Gasteiger partial charge in [0.25, 0.3) is 0 Å². The summed E-state index contributed by atoms with van der Waals surface area (Å²) >= 11 is 0. The van der Waals surface area contributed by atoms with E-state index in [-0.39, 0.29) is 6.04 Å². The van der Waals surface area contributed by atoms with E-state index < -0.39 is 17.7 Å². The van der Waals surface area contributed by atoms with Crippen molar-refractivity contribution < 1.29 is 18.6 Å². The van der Waals surface area contributed by atoms with E-state index >= 15 is 0 Å². The van der Waals surface area contributed by atoms with Gasteiger partial charge in [0.2, 0.25) is 0 Å². The van der Waals surface area contributed by atoms with Gasteiger partial charge in [-0.15, -0.1) is 0 Å². The van der Waals surface area contributed by atoms with Crippen molar-refractivity contribution >= 4 is 0 Å². The maximum Gasteiger partial charge on any atom is 0.130 e. The summed E-state index contributed by atoms with van der Waals surface area (Å²) < 4.78 is 32.3. The Kier molecular flexibility index (Phi) is 7.36. The Balaban J connectivity index is 1.88. The number of β-amino-alcohol motifs (C(OH)–C–C–N with tert-alkyl or cyclic N) is 1. The molecule has 2 atom stereocenters. The van der Waals surface area contributed by atoms with Gasteiger partial charge in [0, 0.05) is 43.9 Å². The number of hydrogen-bond donors (Lipinski definition) is 2. The number of halogens is 2. The average molecular weight is 328 g/mol. The molecule has 130 valence electrons. The van der Waals surface area contributed by atoms with Crippen LogP contribution >= 0.6 is 0 Å². The first-order valence-electron chi connectivity index (χ1n) is 8.26. The molecule has 2 N–H and O–H groups in total. The van der Waals surface area contributed by atoms with Crippen LogP contribution in [0.25, 0.3) is 0 Å². The number of aliphatic hydroxyl groups is 1. The molecule has 0 spiro atoms. The van der Waals surface area contributed by atoms with E-state index in [4.69, 9.17) is 4.74 Å². The molecule has 4 nitrogen and oxygen atoms in total. The van der Waals surface area contributed by atoms with Gasteiger partial charge in [0.15, 0.2) is 0 Å². The predicted octanol–water partition coefficient (Wildman–Crippen LogP) is 2.09. The third-order valence-electron chi connectivity index (χ3n) is 4.09. The highest BCUT2D eigenvalue weighted by Crippen LogP contribution is 2.22. The van der Waals surface area contributed by atoms with Crippen LogP contribution in [0.2, 0.25) is 0 Å². The van der Waals surface area contributed by atoms with Crippen molar-refractivity contribution in [2.24, 2.45) is 0 Å². The fourth-order valence-electron chi connectivity index (χ4n) is 2.86. The first-order chi connectivity index (χ1) is 11.1. The van der Waals surface area contributed by atoms with Gasteiger partial charge in [0.05, 0.1) is 19.3 Å². The van der Waals surface area contributed by atoms with Gasteiger partial charge in [-0.2, -0.15) is 0 Å². The number of rotatable bonds is 8. The molecule has 2 rings (SSSR count). The molecular weight excluding hydrogens is 302 g/mol. The van der Waals surface area contributed by atoms with E-state index in [1.807, 2.05) is 6.92 Å². The predicted molar refractivity (Wildman–Crippen MR) is 85.3 cm³/mol. The van der Waals surface area contributed by atoms with Gasteiger partial charge in [-0.05, 0) is 12.5 Å². The monoisotopic (exact) mass is 328 g/mol. The number of benzene rings is 1. The average Bonchev–Trinajstić information content (AvgIpc) is 2.53. The Hall–Kier alpha value is -1.08. The van der Waals surface area contributed by atoms with Crippen LogP contribution in [0.4, 0.5) is 8.78 Å². The van der Waals surface area contributed by atoms with Gasteiger partial charge < -0.3 is 15.2 Å². The van der Waals surface area contributed by atoms with Crippen LogP contribution in [0, 0.1) is 11.6 Å². The molecule has 0 aliphatic carbocycles. The molecule has 1 aromatic rings. The topological polar surface area (TPSA) is 44.7 Å². The minimum Gasteiger partial charge on any atom is -0.390 e. The molecule has 1 aromatic carbocycles. The fraction of sp³-hybridized carbons (Fsp3) is 0.647. The maximum absolute atomic E-state index is 14.0. The number of nitrogens with zero attached hydrogens (tertiary/aromatic N) is 1. The molecule has 1 fully saturated rings. The molecule has 1 saturated heterocycles. The second kappa shape index (κ2) is 9.27. The van der Waals surface area contributed by atoms with Crippen LogP contribution in [0.15, 0.2) is 18.2 Å². The summed E-state index contributed by atoms with van der Waals surface area (Å²) in [4.78, 5) is 2.16. The molecule has 1 heterocycles. The zero-order valence-corrected chi connectivity index (χ0v) is 13.6. The van der Waals surface area contributed by atoms with Crippen molar-refractivity contribution in [2.45, 2.75) is 31.9 Å². The number of morpholine rings is 1. The number of hydrogen-bond acceptors (Lipinski definition) is 4. The van der Waals surface area contributed by atoms with Crippen molar-refractivity contribution in [3.05, 3.63) is 35.4 Å². The Morgan fingerprint density at radius 2 is 2.04 bits per heavy atom. The lowest BCUT2D eigenvalue weighted by Crippen LogP contribution is -2.44. The van der Waals surface area contributed by atoms with Gasteiger partial charge in [-0.25, -0.2) is 8.78 Å². The Morgan fingerprint density at radius 3 is 2.70 bits per heavy atom. The smallest absolute Gasteiger partial charge is 0.130 e. The molecule has 1 aliphatic rings. The number of nitrogens with one attached hydrogen (secondary N) is 1. The first-order valence-corrected chi connectivity index (χ1v) is 8.26. The van der Waals surface area contributed by atoms with Crippen LogP contribution in [-0.4, -0.2) is 55.5 Å². The molecule has 1 aliphatic heterocycles. The second-order valence-corrected chi connectivity index (χ2v) is 5.98. The van der Waals surface area contributed by atoms with Crippen molar-refractivity contribution in [2.75, 3.05) is 39.4 Å². The summed E-state index contributed by atoms with van der Waals surface area (Å²) in [5, 5.41) is 13.4. The number of ether oxygens (including phenoxy) is 1. The summed E-state index contributed by atoms with van der Waals surface area (Å²) in [6, 6.07) is 3.43. The Morgan fingerprint density at radius 1 is 1.30 bits per heavy atom. The Bertz CT molecular complexity index is 482. The van der Waals surface area contributed by atoms with E-state index in [0.717, 1.165) is 32.0 Å². The quantitative estimate of drug-likeness (QED) is 0.767. The summed E-state index contributed by atoms with van der Waals surface area (Å²) in [6.45, 7) is 5.99. The highest BCUT2D eigenvalue weighted by atomic mass is 19.1. The molecule has 23 heavy (non-hydrogen) atoms. The lowest BCUT2D eigenvalue weighted by atomic mass is 10.0. The summed E-state index contributed by atoms with van der Waals surface area (Å²) in [6.07, 6.45) is 1.07. The first kappa shape index (κ1) is 18.3. The van der Waals surface area contributed by atoms with E-state index in [2.05, 4.69) is 10.2 Å². The SMILES string of the molecule is CCCC(NCC(O)CN1CCOCC1)c1ccc(F)cc1F. The molecule has 0 radical (unpaired) electrons. The molecule has 0 saturated carbocycles. The van der Waals surface area contributed by atoms with Crippen molar-refractivity contribution in [3.8, 4) is 0 Å². The summed E-state index contributed by atoms with van der Waals surface area (Å²) in [5.41, 5.74) is 0.451. The van der Waals surface area contributed by atoms with Crippen molar-refractivity contribution in [1.82, 2.24) is 10.2 Å². The molecular formula is C17H26F2N2O2. The van der Waals surface area contributed by atoms with E-state index in [1.54, 1.807) is 0 Å². The molecule has 6 heteroatoms. The van der Waals surface area contributed by atoms with Gasteiger partial charge in [-0.3, -0.25) is 4.90 Å². The second-order valence-electron chi connectivity index (χ2n) is 5.98. The van der Waals surface area contributed by atoms with E-state index in [0.29, 0.717) is 31.9 Å². The van der Waals surface area contributed by atoms with Crippen LogP contribution in [0.1, 0.15) is 31.4 Å². The highest BCUT2D eigenvalue weighted by molar-refractivity contribution is 5.22. The van der Waals surface area contributed by atoms with E-state index in [9.17, 15) is 13.9 Å². The lowest BCUT2D eigenvalue weighted by Gasteiger charge is -2.29. The largest absolute Gasteiger partial charge is 0.390 e. The summed E-state index contributed by atoms with van der Waals surface area (Å²) in [5.74, 6) is -1.12. The molecule has 0 bridgehead atoms. The third-order valence-corrected chi connectivity index (χ3v) is 4.09. The van der Waals surface area contributed by atoms with Crippen molar-refractivity contribution in [3.63, 3.8) is 0 Å². The highest BCUT2D eigenvalue weighted by Gasteiger charge is 2.19. The molecule has 0 aromatic heterocycles. The third kappa shape index (κ3) is 5.80. The zero-order valence-electron chi connectivity index (χ0n) is 13.6. The fourth-order valence-corrected chi connectivity index (χ4v) is 2.86. The minimum atomic E-state index is -0.575. The van der Waals surface area contributed by atoms with E-state index in [1.165, 1.54) is 12.1 Å². The lowest BCUT2D eigenvalue weighted by molar-refractivity contribution is 0.0144. The van der Waals surface area contributed by atoms with Crippen LogP contribution < -0.4 is 5.32 Å². The number of aliphatic hydroxyl groups excluding tert-OH is 1. The normalized spacial score (nSPS) is 18.8. The summed E-state index contributed by atoms with van der Waals surface area (Å²) in [7, 11) is 0. The molecule has 2 unspecified atom stereocenters. The van der Waals surface area contributed by atoms with Gasteiger partial charge in [-0.1, -0.05) is 19.4 Å².